The number of benzene rings is 3. The van der Waals surface area contributed by atoms with Crippen LogP contribution in [0.15, 0.2) is 78.9 Å². The van der Waals surface area contributed by atoms with Gasteiger partial charge in [0.15, 0.2) is 0 Å². The van der Waals surface area contributed by atoms with Gasteiger partial charge in [-0.3, -0.25) is 9.59 Å². The number of amides is 2. The first kappa shape index (κ1) is 18.9. The summed E-state index contributed by atoms with van der Waals surface area (Å²) in [4.78, 5) is 27.7. The molecule has 3 aromatic carbocycles. The Kier molecular flexibility index (Phi) is 5.12. The van der Waals surface area contributed by atoms with Crippen LogP contribution >= 0.6 is 0 Å². The van der Waals surface area contributed by atoms with Crippen molar-refractivity contribution in [3.8, 4) is 0 Å². The Bertz CT molecular complexity index is 1040. The molecule has 0 spiro atoms. The van der Waals surface area contributed by atoms with Crippen molar-refractivity contribution in [2.75, 3.05) is 0 Å². The minimum atomic E-state index is -0.955. The molecule has 146 valence electrons. The molecule has 5 heteroatoms. The second-order valence-electron chi connectivity index (χ2n) is 7.19. The summed E-state index contributed by atoms with van der Waals surface area (Å²) in [6.07, 6.45) is 1.31. The van der Waals surface area contributed by atoms with E-state index in [4.69, 9.17) is 5.73 Å². The van der Waals surface area contributed by atoms with E-state index < -0.39 is 18.0 Å². The topological polar surface area (TPSA) is 63.4 Å². The van der Waals surface area contributed by atoms with Crippen LogP contribution in [0.1, 0.15) is 45.6 Å². The van der Waals surface area contributed by atoms with Gasteiger partial charge in [-0.15, -0.1) is 0 Å². The van der Waals surface area contributed by atoms with Crippen molar-refractivity contribution in [2.24, 2.45) is 5.73 Å². The average molecular weight is 388 g/mol. The van der Waals surface area contributed by atoms with Gasteiger partial charge in [-0.1, -0.05) is 54.6 Å². The summed E-state index contributed by atoms with van der Waals surface area (Å²) in [6, 6.07) is 21.0. The lowest BCUT2D eigenvalue weighted by Crippen LogP contribution is -2.43. The molecule has 0 radical (unpaired) electrons. The standard InChI is InChI=1S/C24H21FN2O2/c25-19-13-11-16-12-14-21(20(16)15-19)27(24(29)18-9-5-2-6-10-18)22(23(26)28)17-7-3-1-4-8-17/h1-11,13,15,21-22H,12,14H2,(H2,26,28)/t21-,22-/m1/s1. The fourth-order valence-corrected chi connectivity index (χ4v) is 4.11. The number of fused-ring (bicyclic) bond motifs is 1. The van der Waals surface area contributed by atoms with Crippen molar-refractivity contribution >= 4 is 11.8 Å². The van der Waals surface area contributed by atoms with Crippen LogP contribution in [0.4, 0.5) is 4.39 Å². The number of rotatable bonds is 5. The van der Waals surface area contributed by atoms with E-state index in [0.29, 0.717) is 24.0 Å². The van der Waals surface area contributed by atoms with Crippen LogP contribution in [-0.2, 0) is 11.2 Å². The maximum Gasteiger partial charge on any atom is 0.255 e. The highest BCUT2D eigenvalue weighted by Crippen LogP contribution is 2.41. The van der Waals surface area contributed by atoms with Crippen molar-refractivity contribution in [2.45, 2.75) is 24.9 Å². The molecule has 4 nitrogen and oxygen atoms in total. The summed E-state index contributed by atoms with van der Waals surface area (Å²) < 4.78 is 14.0. The molecule has 2 N–H and O–H groups in total. The van der Waals surface area contributed by atoms with E-state index in [1.165, 1.54) is 17.0 Å². The Morgan fingerprint density at radius 2 is 1.62 bits per heavy atom. The molecule has 29 heavy (non-hydrogen) atoms. The molecule has 0 saturated carbocycles. The van der Waals surface area contributed by atoms with E-state index in [1.54, 1.807) is 54.6 Å². The zero-order chi connectivity index (χ0) is 20.4. The van der Waals surface area contributed by atoms with E-state index >= 15 is 0 Å². The predicted octanol–water partition coefficient (Wildman–Crippen LogP) is 4.18. The van der Waals surface area contributed by atoms with Gasteiger partial charge in [0.1, 0.15) is 11.9 Å². The lowest BCUT2D eigenvalue weighted by atomic mass is 9.98. The molecule has 0 aliphatic heterocycles. The Labute approximate surface area is 168 Å². The Morgan fingerprint density at radius 1 is 0.966 bits per heavy atom. The molecule has 0 aromatic heterocycles. The van der Waals surface area contributed by atoms with Crippen LogP contribution in [0.3, 0.4) is 0 Å². The number of nitrogens with two attached hydrogens (primary N) is 1. The molecular formula is C24H21FN2O2. The molecule has 2 amide bonds. The molecule has 0 fully saturated rings. The third kappa shape index (κ3) is 3.63. The van der Waals surface area contributed by atoms with Crippen molar-refractivity contribution in [1.29, 1.82) is 0 Å². The van der Waals surface area contributed by atoms with E-state index in [-0.39, 0.29) is 11.7 Å². The summed E-state index contributed by atoms with van der Waals surface area (Å²) >= 11 is 0. The molecule has 2 atom stereocenters. The zero-order valence-corrected chi connectivity index (χ0v) is 15.8. The lowest BCUT2D eigenvalue weighted by molar-refractivity contribution is -0.123. The molecule has 0 heterocycles. The van der Waals surface area contributed by atoms with Crippen LogP contribution in [0.2, 0.25) is 0 Å². The normalized spacial score (nSPS) is 16.1. The van der Waals surface area contributed by atoms with Crippen molar-refractivity contribution in [1.82, 2.24) is 4.90 Å². The SMILES string of the molecule is NC(=O)[C@@H](c1ccccc1)N(C(=O)c1ccccc1)[C@@H]1CCc2ccc(F)cc21. The largest absolute Gasteiger partial charge is 0.368 e. The molecule has 0 bridgehead atoms. The van der Waals surface area contributed by atoms with Crippen LogP contribution in [0.25, 0.3) is 0 Å². The molecule has 1 aliphatic rings. The average Bonchev–Trinajstić information content (AvgIpc) is 3.15. The summed E-state index contributed by atoms with van der Waals surface area (Å²) in [5, 5.41) is 0. The van der Waals surface area contributed by atoms with Crippen LogP contribution in [0.5, 0.6) is 0 Å². The fraction of sp³-hybridized carbons (Fsp3) is 0.167. The molecule has 1 aliphatic carbocycles. The highest BCUT2D eigenvalue weighted by Gasteiger charge is 2.39. The van der Waals surface area contributed by atoms with Gasteiger partial charge < -0.3 is 10.6 Å². The zero-order valence-electron chi connectivity index (χ0n) is 15.8. The first-order valence-electron chi connectivity index (χ1n) is 9.56. The third-order valence-electron chi connectivity index (χ3n) is 5.41. The minimum absolute atomic E-state index is 0.305. The van der Waals surface area contributed by atoms with Gasteiger partial charge in [-0.25, -0.2) is 4.39 Å². The first-order valence-corrected chi connectivity index (χ1v) is 9.56. The molecule has 0 saturated heterocycles. The van der Waals surface area contributed by atoms with Crippen molar-refractivity contribution in [3.63, 3.8) is 0 Å². The van der Waals surface area contributed by atoms with Crippen LogP contribution in [0, 0.1) is 5.82 Å². The number of carbonyl (C=O) groups excluding carboxylic acids is 2. The van der Waals surface area contributed by atoms with E-state index in [2.05, 4.69) is 0 Å². The Balaban J connectivity index is 1.86. The number of hydrogen-bond acceptors (Lipinski definition) is 2. The maximum atomic E-state index is 14.0. The number of halogens is 1. The Hall–Kier alpha value is -3.47. The van der Waals surface area contributed by atoms with E-state index in [1.807, 2.05) is 12.1 Å². The first-order chi connectivity index (χ1) is 14.1. The van der Waals surface area contributed by atoms with Gasteiger partial charge in [0, 0.05) is 5.56 Å². The molecule has 4 rings (SSSR count). The van der Waals surface area contributed by atoms with Gasteiger partial charge >= 0.3 is 0 Å². The number of carbonyl (C=O) groups is 2. The highest BCUT2D eigenvalue weighted by molar-refractivity contribution is 5.98. The van der Waals surface area contributed by atoms with Gasteiger partial charge in [-0.2, -0.15) is 0 Å². The second kappa shape index (κ2) is 7.87. The summed E-state index contributed by atoms with van der Waals surface area (Å²) in [5.41, 5.74) is 8.61. The quantitative estimate of drug-likeness (QED) is 0.713. The second-order valence-corrected chi connectivity index (χ2v) is 7.19. The van der Waals surface area contributed by atoms with E-state index in [9.17, 15) is 14.0 Å². The fourth-order valence-electron chi connectivity index (χ4n) is 4.11. The Morgan fingerprint density at radius 3 is 2.28 bits per heavy atom. The number of hydrogen-bond donors (Lipinski definition) is 1. The van der Waals surface area contributed by atoms with Gasteiger partial charge in [0.05, 0.1) is 6.04 Å². The highest BCUT2D eigenvalue weighted by atomic mass is 19.1. The molecule has 0 unspecified atom stereocenters. The maximum absolute atomic E-state index is 14.0. The third-order valence-corrected chi connectivity index (χ3v) is 5.41. The lowest BCUT2D eigenvalue weighted by Gasteiger charge is -2.36. The number of aryl methyl sites for hydroxylation is 1. The van der Waals surface area contributed by atoms with Crippen LogP contribution in [-0.4, -0.2) is 16.7 Å². The monoisotopic (exact) mass is 388 g/mol. The number of nitrogens with zero attached hydrogens (tertiary/aromatic N) is 1. The minimum Gasteiger partial charge on any atom is -0.368 e. The summed E-state index contributed by atoms with van der Waals surface area (Å²) in [6.45, 7) is 0. The van der Waals surface area contributed by atoms with Crippen LogP contribution < -0.4 is 5.73 Å². The smallest absolute Gasteiger partial charge is 0.255 e. The van der Waals surface area contributed by atoms with Gasteiger partial charge in [0.2, 0.25) is 5.91 Å². The summed E-state index contributed by atoms with van der Waals surface area (Å²) in [7, 11) is 0. The van der Waals surface area contributed by atoms with Gasteiger partial charge in [-0.05, 0) is 53.8 Å². The van der Waals surface area contributed by atoms with Crippen molar-refractivity contribution in [3.05, 3.63) is 107 Å². The van der Waals surface area contributed by atoms with E-state index in [0.717, 1.165) is 11.1 Å². The molecule has 3 aromatic rings. The summed E-state index contributed by atoms with van der Waals surface area (Å²) in [5.74, 6) is -1.29. The molecular weight excluding hydrogens is 367 g/mol. The van der Waals surface area contributed by atoms with Gasteiger partial charge in [0.25, 0.3) is 5.91 Å². The predicted molar refractivity (Wildman–Crippen MR) is 108 cm³/mol. The van der Waals surface area contributed by atoms with Crippen molar-refractivity contribution < 1.29 is 14.0 Å². The number of primary amides is 1.